The van der Waals surface area contributed by atoms with Crippen molar-refractivity contribution in [3.8, 4) is 17.4 Å². The number of carbonyl (C=O) groups excluding carboxylic acids is 1. The number of fused-ring (bicyclic) bond motifs is 1. The maximum atomic E-state index is 12.9. The molecule has 3 N–H and O–H groups in total. The molecule has 34 heavy (non-hydrogen) atoms. The number of hydrogen-bond acceptors (Lipinski definition) is 6. The Kier molecular flexibility index (Phi) is 6.32. The molecule has 180 valence electrons. The summed E-state index contributed by atoms with van der Waals surface area (Å²) in [6.45, 7) is 6.07. The van der Waals surface area contributed by atoms with Crippen LogP contribution in [0, 0.1) is 0 Å². The molecule has 0 spiro atoms. The van der Waals surface area contributed by atoms with Gasteiger partial charge in [0.15, 0.2) is 0 Å². The second-order valence-corrected chi connectivity index (χ2v) is 9.28. The Morgan fingerprint density at radius 1 is 1.03 bits per heavy atom. The van der Waals surface area contributed by atoms with Crippen molar-refractivity contribution >= 4 is 17.5 Å². The molecule has 0 unspecified atom stereocenters. The van der Waals surface area contributed by atoms with Crippen molar-refractivity contribution in [1.29, 1.82) is 0 Å². The average Bonchev–Trinajstić information content (AvgIpc) is 3.23. The van der Waals surface area contributed by atoms with Crippen molar-refractivity contribution < 1.29 is 14.3 Å². The lowest BCUT2D eigenvalue weighted by molar-refractivity contribution is 0.262. The van der Waals surface area contributed by atoms with Crippen LogP contribution < -0.4 is 25.7 Å². The Bertz CT molecular complexity index is 1250. The molecular formula is C24H30N6O4. The van der Waals surface area contributed by atoms with Crippen molar-refractivity contribution in [2.45, 2.75) is 51.9 Å². The van der Waals surface area contributed by atoms with E-state index in [4.69, 9.17) is 9.47 Å². The third-order valence-electron chi connectivity index (χ3n) is 5.71. The van der Waals surface area contributed by atoms with Crippen LogP contribution in [0.5, 0.6) is 11.5 Å². The van der Waals surface area contributed by atoms with Gasteiger partial charge in [0.05, 0.1) is 25.6 Å². The number of ether oxygens (including phenoxy) is 2. The van der Waals surface area contributed by atoms with Crippen LogP contribution in [0.15, 0.2) is 29.1 Å². The summed E-state index contributed by atoms with van der Waals surface area (Å²) in [5, 5.41) is 10.3. The summed E-state index contributed by atoms with van der Waals surface area (Å²) in [4.78, 5) is 33.1. The lowest BCUT2D eigenvalue weighted by Gasteiger charge is -2.16. The molecule has 1 aliphatic rings. The molecule has 10 nitrogen and oxygen atoms in total. The summed E-state index contributed by atoms with van der Waals surface area (Å²) >= 11 is 0. The van der Waals surface area contributed by atoms with Crippen LogP contribution >= 0.6 is 0 Å². The molecular weight excluding hydrogens is 436 g/mol. The normalized spacial score (nSPS) is 13.2. The lowest BCUT2D eigenvalue weighted by Crippen LogP contribution is -2.26. The van der Waals surface area contributed by atoms with Crippen LogP contribution in [0.25, 0.3) is 5.95 Å². The Morgan fingerprint density at radius 3 is 2.35 bits per heavy atom. The van der Waals surface area contributed by atoms with Crippen molar-refractivity contribution in [1.82, 2.24) is 19.7 Å². The quantitative estimate of drug-likeness (QED) is 0.526. The third-order valence-corrected chi connectivity index (χ3v) is 5.71. The summed E-state index contributed by atoms with van der Waals surface area (Å²) < 4.78 is 12.0. The lowest BCUT2D eigenvalue weighted by atomic mass is 9.92. The molecule has 0 atom stereocenters. The number of amides is 2. The van der Waals surface area contributed by atoms with Gasteiger partial charge in [0.1, 0.15) is 17.3 Å². The van der Waals surface area contributed by atoms with Gasteiger partial charge in [-0.25, -0.2) is 9.78 Å². The Hall–Kier alpha value is -3.82. The van der Waals surface area contributed by atoms with E-state index < -0.39 is 6.03 Å². The number of hydrogen-bond donors (Lipinski definition) is 3. The molecule has 0 saturated carbocycles. The smallest absolute Gasteiger partial charge is 0.324 e. The third kappa shape index (κ3) is 4.90. The number of benzene rings is 1. The molecule has 0 saturated heterocycles. The number of nitrogens with one attached hydrogen (secondary N) is 3. The number of carbonyl (C=O) groups is 1. The highest BCUT2D eigenvalue weighted by molar-refractivity contribution is 5.99. The predicted molar refractivity (Wildman–Crippen MR) is 130 cm³/mol. The van der Waals surface area contributed by atoms with E-state index in [0.717, 1.165) is 42.6 Å². The van der Waals surface area contributed by atoms with Crippen LogP contribution in [0.1, 0.15) is 50.6 Å². The van der Waals surface area contributed by atoms with E-state index in [9.17, 15) is 9.59 Å². The van der Waals surface area contributed by atoms with Crippen molar-refractivity contribution in [3.63, 3.8) is 0 Å². The fourth-order valence-electron chi connectivity index (χ4n) is 3.85. The molecule has 4 rings (SSSR count). The van der Waals surface area contributed by atoms with Gasteiger partial charge in [-0.2, -0.15) is 9.78 Å². The number of anilines is 2. The molecule has 2 heterocycles. The maximum absolute atomic E-state index is 12.9. The minimum absolute atomic E-state index is 0.161. The molecule has 3 aromatic rings. The number of aromatic nitrogens is 4. The van der Waals surface area contributed by atoms with Crippen LogP contribution in [-0.2, 0) is 18.3 Å². The highest BCUT2D eigenvalue weighted by Crippen LogP contribution is 2.28. The number of methoxy groups -OCH3 is 2. The first-order chi connectivity index (χ1) is 16.2. The zero-order valence-electron chi connectivity index (χ0n) is 20.1. The molecule has 1 aromatic carbocycles. The Morgan fingerprint density at radius 2 is 1.71 bits per heavy atom. The zero-order valence-corrected chi connectivity index (χ0v) is 20.1. The molecule has 2 aromatic heterocycles. The second kappa shape index (κ2) is 9.20. The molecule has 0 bridgehead atoms. The molecule has 0 radical (unpaired) electrons. The first kappa shape index (κ1) is 23.3. The van der Waals surface area contributed by atoms with E-state index in [-0.39, 0.29) is 16.9 Å². The van der Waals surface area contributed by atoms with Crippen molar-refractivity contribution in [2.24, 2.45) is 0 Å². The number of nitrogens with zero attached hydrogens (tertiary/aromatic N) is 3. The molecule has 1 aliphatic carbocycles. The van der Waals surface area contributed by atoms with Gasteiger partial charge >= 0.3 is 6.03 Å². The van der Waals surface area contributed by atoms with Crippen LogP contribution in [-0.4, -0.2) is 40.0 Å². The van der Waals surface area contributed by atoms with Gasteiger partial charge in [-0.1, -0.05) is 20.8 Å². The van der Waals surface area contributed by atoms with Crippen LogP contribution in [0.2, 0.25) is 0 Å². The fraction of sp³-hybridized carbons (Fsp3) is 0.417. The van der Waals surface area contributed by atoms with Gasteiger partial charge in [-0.05, 0) is 25.7 Å². The summed E-state index contributed by atoms with van der Waals surface area (Å²) in [5.74, 6) is 1.76. The average molecular weight is 467 g/mol. The zero-order chi connectivity index (χ0) is 24.5. The number of aryl methyl sites for hydroxylation is 1. The minimum atomic E-state index is -0.489. The van der Waals surface area contributed by atoms with Crippen LogP contribution in [0.4, 0.5) is 16.3 Å². The summed E-state index contributed by atoms with van der Waals surface area (Å²) in [6, 6.07) is 6.37. The SMILES string of the molecule is COc1cc(NC(=O)Nc2cc(C(C)(C)C)nn2-c2nc3c(c(=O)[nH]2)CCCC3)cc(OC)c1. The van der Waals surface area contributed by atoms with Crippen molar-refractivity contribution in [2.75, 3.05) is 24.9 Å². The van der Waals surface area contributed by atoms with E-state index in [0.29, 0.717) is 23.0 Å². The molecule has 0 fully saturated rings. The van der Waals surface area contributed by atoms with E-state index in [2.05, 4.69) is 25.7 Å². The van der Waals surface area contributed by atoms with E-state index >= 15 is 0 Å². The number of aromatic amines is 1. The predicted octanol–water partition coefficient (Wildman–Crippen LogP) is 3.79. The van der Waals surface area contributed by atoms with Gasteiger partial charge in [-0.15, -0.1) is 0 Å². The number of H-pyrrole nitrogens is 1. The first-order valence-corrected chi connectivity index (χ1v) is 11.2. The Labute approximate surface area is 197 Å². The van der Waals surface area contributed by atoms with E-state index in [1.165, 1.54) is 18.9 Å². The minimum Gasteiger partial charge on any atom is -0.497 e. The van der Waals surface area contributed by atoms with Gasteiger partial charge in [0, 0.05) is 40.9 Å². The fourth-order valence-corrected chi connectivity index (χ4v) is 3.85. The highest BCUT2D eigenvalue weighted by Gasteiger charge is 2.24. The molecule has 2 amide bonds. The van der Waals surface area contributed by atoms with Crippen molar-refractivity contribution in [3.05, 3.63) is 51.6 Å². The molecule has 10 heteroatoms. The summed E-state index contributed by atoms with van der Waals surface area (Å²) in [6.07, 6.45) is 3.45. The monoisotopic (exact) mass is 466 g/mol. The van der Waals surface area contributed by atoms with Gasteiger partial charge in [-0.3, -0.25) is 15.1 Å². The maximum Gasteiger partial charge on any atom is 0.324 e. The Balaban J connectivity index is 1.67. The molecule has 0 aliphatic heterocycles. The summed E-state index contributed by atoms with van der Waals surface area (Å²) in [7, 11) is 3.08. The first-order valence-electron chi connectivity index (χ1n) is 11.2. The second-order valence-electron chi connectivity index (χ2n) is 9.28. The standard InChI is InChI=1S/C24H30N6O4/c1-24(2,3)19-13-20(27-23(32)25-14-10-15(33-4)12-16(11-14)34-5)30(29-19)22-26-18-9-7-6-8-17(18)21(31)28-22/h10-13H,6-9H2,1-5H3,(H2,25,27,32)(H,26,28,31). The number of urea groups is 1. The van der Waals surface area contributed by atoms with E-state index in [1.807, 2.05) is 20.8 Å². The highest BCUT2D eigenvalue weighted by atomic mass is 16.5. The van der Waals surface area contributed by atoms with Gasteiger partial charge in [0.25, 0.3) is 5.56 Å². The number of rotatable bonds is 5. The van der Waals surface area contributed by atoms with Gasteiger partial charge < -0.3 is 14.8 Å². The van der Waals surface area contributed by atoms with Crippen LogP contribution in [0.3, 0.4) is 0 Å². The van der Waals surface area contributed by atoms with Gasteiger partial charge in [0.2, 0.25) is 5.95 Å². The van der Waals surface area contributed by atoms with E-state index in [1.54, 1.807) is 24.3 Å². The summed E-state index contributed by atoms with van der Waals surface area (Å²) in [5.41, 5.74) is 2.31. The topological polar surface area (TPSA) is 123 Å². The largest absolute Gasteiger partial charge is 0.497 e.